The van der Waals surface area contributed by atoms with Crippen LogP contribution in [0.5, 0.6) is 0 Å². The molecular formula is C15H18N4O2. The smallest absolute Gasteiger partial charge is 0.301 e. The number of hydrogen-bond acceptors (Lipinski definition) is 5. The molecule has 21 heavy (non-hydrogen) atoms. The molecule has 0 radical (unpaired) electrons. The maximum absolute atomic E-state index is 11.4. The third-order valence-corrected chi connectivity index (χ3v) is 3.89. The zero-order valence-electron chi connectivity index (χ0n) is 12.0. The van der Waals surface area contributed by atoms with Gasteiger partial charge in [0.2, 0.25) is 0 Å². The van der Waals surface area contributed by atoms with Crippen molar-refractivity contribution < 1.29 is 4.92 Å². The fraction of sp³-hybridized carbons (Fsp3) is 0.400. The van der Waals surface area contributed by atoms with Crippen LogP contribution >= 0.6 is 0 Å². The first-order valence-corrected chi connectivity index (χ1v) is 7.13. The third-order valence-electron chi connectivity index (χ3n) is 3.89. The summed E-state index contributed by atoms with van der Waals surface area (Å²) in [5, 5.41) is 15.1. The Kier molecular flexibility index (Phi) is 3.70. The number of rotatable bonds is 6. The van der Waals surface area contributed by atoms with Crippen molar-refractivity contribution in [3.05, 3.63) is 40.6 Å². The molecule has 110 valence electrons. The number of pyridine rings is 1. The summed E-state index contributed by atoms with van der Waals surface area (Å²) in [6.07, 6.45) is 4.17. The molecule has 6 nitrogen and oxygen atoms in total. The molecule has 0 spiro atoms. The van der Waals surface area contributed by atoms with Gasteiger partial charge in [0.05, 0.1) is 15.8 Å². The van der Waals surface area contributed by atoms with Gasteiger partial charge in [0.15, 0.2) is 0 Å². The van der Waals surface area contributed by atoms with E-state index in [9.17, 15) is 10.1 Å². The molecule has 0 aliphatic heterocycles. The summed E-state index contributed by atoms with van der Waals surface area (Å²) >= 11 is 0. The molecule has 6 heteroatoms. The van der Waals surface area contributed by atoms with Gasteiger partial charge in [0.1, 0.15) is 5.69 Å². The fourth-order valence-electron chi connectivity index (χ4n) is 2.54. The van der Waals surface area contributed by atoms with Crippen molar-refractivity contribution in [2.45, 2.75) is 18.9 Å². The first-order valence-electron chi connectivity index (χ1n) is 7.13. The molecule has 1 N–H and O–H groups in total. The zero-order chi connectivity index (χ0) is 14.8. The number of aromatic nitrogens is 1. The Balaban J connectivity index is 1.80. The van der Waals surface area contributed by atoms with E-state index in [-0.39, 0.29) is 10.6 Å². The Bertz CT molecular complexity index is 670. The molecule has 0 saturated heterocycles. The predicted molar refractivity (Wildman–Crippen MR) is 82.5 cm³/mol. The molecule has 1 saturated carbocycles. The van der Waals surface area contributed by atoms with Crippen molar-refractivity contribution in [2.75, 3.05) is 25.5 Å². The first-order chi connectivity index (χ1) is 10.2. The van der Waals surface area contributed by atoms with E-state index in [1.54, 1.807) is 24.4 Å². The lowest BCUT2D eigenvalue weighted by molar-refractivity contribution is -0.382. The number of fused-ring (bicyclic) bond motifs is 1. The van der Waals surface area contributed by atoms with Crippen LogP contribution in [0.2, 0.25) is 0 Å². The number of benzene rings is 1. The van der Waals surface area contributed by atoms with E-state index in [0.717, 1.165) is 6.54 Å². The van der Waals surface area contributed by atoms with Crippen molar-refractivity contribution in [1.82, 2.24) is 9.88 Å². The van der Waals surface area contributed by atoms with E-state index in [0.29, 0.717) is 29.2 Å². The van der Waals surface area contributed by atoms with Crippen molar-refractivity contribution in [3.8, 4) is 0 Å². The van der Waals surface area contributed by atoms with Crippen LogP contribution in [0, 0.1) is 10.1 Å². The van der Waals surface area contributed by atoms with Gasteiger partial charge in [-0.3, -0.25) is 15.1 Å². The molecule has 0 atom stereocenters. The molecule has 1 aliphatic carbocycles. The topological polar surface area (TPSA) is 71.3 Å². The summed E-state index contributed by atoms with van der Waals surface area (Å²) in [6.45, 7) is 1.58. The molecular weight excluding hydrogens is 268 g/mol. The van der Waals surface area contributed by atoms with Crippen molar-refractivity contribution in [1.29, 1.82) is 0 Å². The van der Waals surface area contributed by atoms with Gasteiger partial charge in [-0.05, 0) is 44.2 Å². The van der Waals surface area contributed by atoms with Gasteiger partial charge < -0.3 is 10.2 Å². The Morgan fingerprint density at radius 3 is 2.95 bits per heavy atom. The minimum Gasteiger partial charge on any atom is -0.378 e. The molecule has 1 heterocycles. The van der Waals surface area contributed by atoms with E-state index >= 15 is 0 Å². The number of nitro groups is 1. The summed E-state index contributed by atoms with van der Waals surface area (Å²) in [4.78, 5) is 17.5. The van der Waals surface area contributed by atoms with E-state index in [1.807, 2.05) is 6.07 Å². The third kappa shape index (κ3) is 2.95. The predicted octanol–water partition coefficient (Wildman–Crippen LogP) is 2.65. The molecule has 1 aromatic heterocycles. The van der Waals surface area contributed by atoms with Crippen LogP contribution in [0.4, 0.5) is 11.4 Å². The summed E-state index contributed by atoms with van der Waals surface area (Å²) in [6, 6.07) is 7.71. The Hall–Kier alpha value is -2.21. The highest BCUT2D eigenvalue weighted by Gasteiger charge is 2.25. The Morgan fingerprint density at radius 1 is 1.43 bits per heavy atom. The number of nitrogens with zero attached hydrogens (tertiary/aromatic N) is 3. The summed E-state index contributed by atoms with van der Waals surface area (Å²) in [7, 11) is 2.10. The molecule has 1 aliphatic rings. The molecule has 0 unspecified atom stereocenters. The van der Waals surface area contributed by atoms with Crippen LogP contribution in [-0.4, -0.2) is 41.0 Å². The zero-order valence-corrected chi connectivity index (χ0v) is 12.0. The van der Waals surface area contributed by atoms with E-state index < -0.39 is 0 Å². The van der Waals surface area contributed by atoms with Crippen LogP contribution in [0.1, 0.15) is 12.8 Å². The van der Waals surface area contributed by atoms with Gasteiger partial charge in [-0.1, -0.05) is 0 Å². The highest BCUT2D eigenvalue weighted by molar-refractivity contribution is 5.94. The maximum atomic E-state index is 11.4. The number of anilines is 1. The van der Waals surface area contributed by atoms with Gasteiger partial charge in [0, 0.05) is 25.3 Å². The molecule has 0 bridgehead atoms. The molecule has 0 amide bonds. The number of hydrogen-bond donors (Lipinski definition) is 1. The molecule has 1 fully saturated rings. The molecule has 3 rings (SSSR count). The van der Waals surface area contributed by atoms with E-state index in [1.165, 1.54) is 12.8 Å². The number of nitro benzene ring substituents is 1. The lowest BCUT2D eigenvalue weighted by atomic mass is 10.1. The first kappa shape index (κ1) is 13.8. The summed E-state index contributed by atoms with van der Waals surface area (Å²) < 4.78 is 0. The standard InChI is InChI=1S/C15H18N4O2/c1-18(11-4-5-11)10-9-17-14-7-6-13-12(3-2-8-16-13)15(14)19(20)21/h2-3,6-8,11,17H,4-5,9-10H2,1H3. The number of likely N-dealkylation sites (N-methyl/N-ethyl adjacent to an activating group) is 1. The van der Waals surface area contributed by atoms with Crippen molar-refractivity contribution in [3.63, 3.8) is 0 Å². The second-order valence-corrected chi connectivity index (χ2v) is 5.43. The maximum Gasteiger partial charge on any atom is 0.301 e. The second kappa shape index (κ2) is 5.65. The van der Waals surface area contributed by atoms with Gasteiger partial charge in [-0.2, -0.15) is 0 Å². The average molecular weight is 286 g/mol. The van der Waals surface area contributed by atoms with Crippen LogP contribution in [0.15, 0.2) is 30.5 Å². The van der Waals surface area contributed by atoms with E-state index in [2.05, 4.69) is 22.2 Å². The van der Waals surface area contributed by atoms with Crippen molar-refractivity contribution in [2.24, 2.45) is 0 Å². The fourth-order valence-corrected chi connectivity index (χ4v) is 2.54. The van der Waals surface area contributed by atoms with Crippen molar-refractivity contribution >= 4 is 22.3 Å². The highest BCUT2D eigenvalue weighted by atomic mass is 16.6. The van der Waals surface area contributed by atoms with Gasteiger partial charge in [0.25, 0.3) is 0 Å². The van der Waals surface area contributed by atoms with Gasteiger partial charge >= 0.3 is 5.69 Å². The minimum atomic E-state index is -0.336. The SMILES string of the molecule is CN(CCNc1ccc2ncccc2c1[N+](=O)[O-])C1CC1. The lowest BCUT2D eigenvalue weighted by Gasteiger charge is -2.16. The van der Waals surface area contributed by atoms with E-state index in [4.69, 9.17) is 0 Å². The monoisotopic (exact) mass is 286 g/mol. The Morgan fingerprint density at radius 2 is 2.24 bits per heavy atom. The minimum absolute atomic E-state index is 0.106. The quantitative estimate of drug-likeness (QED) is 0.653. The lowest BCUT2D eigenvalue weighted by Crippen LogP contribution is -2.27. The second-order valence-electron chi connectivity index (χ2n) is 5.43. The Labute approximate surface area is 122 Å². The normalized spacial score (nSPS) is 14.6. The highest BCUT2D eigenvalue weighted by Crippen LogP contribution is 2.32. The van der Waals surface area contributed by atoms with Gasteiger partial charge in [-0.15, -0.1) is 0 Å². The number of nitrogens with one attached hydrogen (secondary N) is 1. The van der Waals surface area contributed by atoms with Crippen LogP contribution in [0.3, 0.4) is 0 Å². The van der Waals surface area contributed by atoms with Crippen LogP contribution < -0.4 is 5.32 Å². The van der Waals surface area contributed by atoms with Gasteiger partial charge in [-0.25, -0.2) is 0 Å². The van der Waals surface area contributed by atoms with Crippen LogP contribution in [0.25, 0.3) is 10.9 Å². The molecule has 2 aromatic rings. The average Bonchev–Trinajstić information content (AvgIpc) is 3.31. The summed E-state index contributed by atoms with van der Waals surface area (Å²) in [5.41, 5.74) is 1.31. The molecule has 1 aromatic carbocycles. The van der Waals surface area contributed by atoms with Crippen LogP contribution in [-0.2, 0) is 0 Å². The largest absolute Gasteiger partial charge is 0.378 e. The summed E-state index contributed by atoms with van der Waals surface area (Å²) in [5.74, 6) is 0.